The van der Waals surface area contributed by atoms with Crippen LogP contribution < -0.4 is 5.32 Å². The summed E-state index contributed by atoms with van der Waals surface area (Å²) in [5.41, 5.74) is 2.70. The molecular weight excluding hydrogens is 254 g/mol. The lowest BCUT2D eigenvalue weighted by molar-refractivity contribution is 0.593. The van der Waals surface area contributed by atoms with E-state index in [1.807, 2.05) is 19.2 Å². The van der Waals surface area contributed by atoms with Gasteiger partial charge in [-0.05, 0) is 55.6 Å². The van der Waals surface area contributed by atoms with Gasteiger partial charge in [0.25, 0.3) is 0 Å². The van der Waals surface area contributed by atoms with Crippen LogP contribution in [-0.2, 0) is 6.42 Å². The van der Waals surface area contributed by atoms with E-state index in [2.05, 4.69) is 47.8 Å². The quantitative estimate of drug-likeness (QED) is 0.829. The molecule has 0 bridgehead atoms. The molecule has 0 aliphatic rings. The molecular formula is C17H20ClN. The van der Waals surface area contributed by atoms with Gasteiger partial charge in [0.05, 0.1) is 0 Å². The van der Waals surface area contributed by atoms with Crippen LogP contribution in [0.5, 0.6) is 0 Å². The highest BCUT2D eigenvalue weighted by atomic mass is 35.5. The van der Waals surface area contributed by atoms with Crippen LogP contribution in [0.4, 0.5) is 0 Å². The fourth-order valence-corrected chi connectivity index (χ4v) is 2.59. The number of hydrogen-bond acceptors (Lipinski definition) is 1. The summed E-state index contributed by atoms with van der Waals surface area (Å²) in [5.74, 6) is 0.534. The van der Waals surface area contributed by atoms with E-state index in [0.717, 1.165) is 24.4 Å². The molecule has 2 aromatic carbocycles. The summed E-state index contributed by atoms with van der Waals surface area (Å²) in [6.45, 7) is 1.03. The molecule has 2 aromatic rings. The highest BCUT2D eigenvalue weighted by Gasteiger charge is 2.11. The van der Waals surface area contributed by atoms with Gasteiger partial charge in [-0.15, -0.1) is 0 Å². The maximum atomic E-state index is 6.07. The van der Waals surface area contributed by atoms with Crippen molar-refractivity contribution in [2.45, 2.75) is 18.8 Å². The van der Waals surface area contributed by atoms with Gasteiger partial charge < -0.3 is 5.32 Å². The normalized spacial score (nSPS) is 12.3. The van der Waals surface area contributed by atoms with Crippen molar-refractivity contribution in [3.63, 3.8) is 0 Å². The Morgan fingerprint density at radius 1 is 1.05 bits per heavy atom. The predicted molar refractivity (Wildman–Crippen MR) is 82.9 cm³/mol. The standard InChI is InChI=1S/C17H20ClN/c1-19-11-10-16(15-7-3-2-4-8-15)12-14-6-5-9-17(18)13-14/h2-9,13,16,19H,10-12H2,1H3. The summed E-state index contributed by atoms with van der Waals surface area (Å²) in [6, 6.07) is 18.9. The van der Waals surface area contributed by atoms with Gasteiger partial charge in [0.15, 0.2) is 0 Å². The molecule has 0 fully saturated rings. The van der Waals surface area contributed by atoms with Crippen molar-refractivity contribution < 1.29 is 0 Å². The lowest BCUT2D eigenvalue weighted by Crippen LogP contribution is -2.14. The summed E-state index contributed by atoms with van der Waals surface area (Å²) < 4.78 is 0. The summed E-state index contributed by atoms with van der Waals surface area (Å²) in [5, 5.41) is 4.06. The number of hydrogen-bond donors (Lipinski definition) is 1. The van der Waals surface area contributed by atoms with Gasteiger partial charge in [-0.3, -0.25) is 0 Å². The molecule has 1 N–H and O–H groups in total. The van der Waals surface area contributed by atoms with Crippen LogP contribution in [0.25, 0.3) is 0 Å². The van der Waals surface area contributed by atoms with Crippen LogP contribution in [0.1, 0.15) is 23.5 Å². The Morgan fingerprint density at radius 3 is 2.53 bits per heavy atom. The minimum absolute atomic E-state index is 0.534. The van der Waals surface area contributed by atoms with Gasteiger partial charge in [-0.2, -0.15) is 0 Å². The van der Waals surface area contributed by atoms with Crippen molar-refractivity contribution in [3.8, 4) is 0 Å². The third-order valence-electron chi connectivity index (χ3n) is 3.38. The zero-order chi connectivity index (χ0) is 13.5. The highest BCUT2D eigenvalue weighted by molar-refractivity contribution is 6.30. The molecule has 0 saturated heterocycles. The van der Waals surface area contributed by atoms with Crippen molar-refractivity contribution in [3.05, 3.63) is 70.7 Å². The first-order valence-electron chi connectivity index (χ1n) is 6.73. The smallest absolute Gasteiger partial charge is 0.0408 e. The maximum absolute atomic E-state index is 6.07. The molecule has 1 atom stereocenters. The van der Waals surface area contributed by atoms with E-state index in [1.54, 1.807) is 0 Å². The first-order chi connectivity index (χ1) is 9.29. The Bertz CT molecular complexity index is 496. The zero-order valence-corrected chi connectivity index (χ0v) is 12.0. The highest BCUT2D eigenvalue weighted by Crippen LogP contribution is 2.25. The number of rotatable bonds is 6. The molecule has 2 rings (SSSR count). The van der Waals surface area contributed by atoms with E-state index in [-0.39, 0.29) is 0 Å². The fourth-order valence-electron chi connectivity index (χ4n) is 2.38. The van der Waals surface area contributed by atoms with Gasteiger partial charge in [0.2, 0.25) is 0 Å². The largest absolute Gasteiger partial charge is 0.320 e. The zero-order valence-electron chi connectivity index (χ0n) is 11.3. The third kappa shape index (κ3) is 4.38. The minimum atomic E-state index is 0.534. The van der Waals surface area contributed by atoms with Crippen molar-refractivity contribution >= 4 is 11.6 Å². The van der Waals surface area contributed by atoms with Crippen LogP contribution in [0.2, 0.25) is 5.02 Å². The molecule has 1 nitrogen and oxygen atoms in total. The van der Waals surface area contributed by atoms with Crippen molar-refractivity contribution in [2.24, 2.45) is 0 Å². The second-order valence-electron chi connectivity index (χ2n) is 4.83. The fraction of sp³-hybridized carbons (Fsp3) is 0.294. The summed E-state index contributed by atoms with van der Waals surface area (Å²) in [7, 11) is 2.00. The molecule has 0 aliphatic carbocycles. The molecule has 1 unspecified atom stereocenters. The van der Waals surface area contributed by atoms with Crippen LogP contribution in [0, 0.1) is 0 Å². The second-order valence-corrected chi connectivity index (χ2v) is 5.27. The Balaban J connectivity index is 2.14. The van der Waals surface area contributed by atoms with E-state index in [4.69, 9.17) is 11.6 Å². The monoisotopic (exact) mass is 273 g/mol. The van der Waals surface area contributed by atoms with E-state index < -0.39 is 0 Å². The molecule has 0 aliphatic heterocycles. The van der Waals surface area contributed by atoms with Crippen molar-refractivity contribution in [1.82, 2.24) is 5.32 Å². The first kappa shape index (κ1) is 14.1. The number of halogens is 1. The molecule has 0 aromatic heterocycles. The number of benzene rings is 2. The van der Waals surface area contributed by atoms with Crippen molar-refractivity contribution in [2.75, 3.05) is 13.6 Å². The molecule has 0 spiro atoms. The molecule has 0 saturated carbocycles. The van der Waals surface area contributed by atoms with Gasteiger partial charge >= 0.3 is 0 Å². The molecule has 2 heteroatoms. The van der Waals surface area contributed by atoms with Crippen LogP contribution >= 0.6 is 11.6 Å². The van der Waals surface area contributed by atoms with Gasteiger partial charge in [-0.25, -0.2) is 0 Å². The molecule has 19 heavy (non-hydrogen) atoms. The summed E-state index contributed by atoms with van der Waals surface area (Å²) >= 11 is 6.07. The van der Waals surface area contributed by atoms with E-state index in [9.17, 15) is 0 Å². The van der Waals surface area contributed by atoms with Gasteiger partial charge in [-0.1, -0.05) is 54.1 Å². The lowest BCUT2D eigenvalue weighted by Gasteiger charge is -2.17. The Labute approximate surface area is 120 Å². The average Bonchev–Trinajstić information content (AvgIpc) is 2.44. The Morgan fingerprint density at radius 2 is 1.84 bits per heavy atom. The second kappa shape index (κ2) is 7.32. The average molecular weight is 274 g/mol. The summed E-state index contributed by atoms with van der Waals surface area (Å²) in [6.07, 6.45) is 2.17. The summed E-state index contributed by atoms with van der Waals surface area (Å²) in [4.78, 5) is 0. The number of nitrogens with one attached hydrogen (secondary N) is 1. The van der Waals surface area contributed by atoms with Crippen LogP contribution in [-0.4, -0.2) is 13.6 Å². The van der Waals surface area contributed by atoms with Crippen LogP contribution in [0.3, 0.4) is 0 Å². The van der Waals surface area contributed by atoms with Gasteiger partial charge in [0, 0.05) is 5.02 Å². The molecule has 0 heterocycles. The molecule has 0 amide bonds. The third-order valence-corrected chi connectivity index (χ3v) is 3.62. The van der Waals surface area contributed by atoms with E-state index in [1.165, 1.54) is 11.1 Å². The van der Waals surface area contributed by atoms with Crippen LogP contribution in [0.15, 0.2) is 54.6 Å². The SMILES string of the molecule is CNCCC(Cc1cccc(Cl)c1)c1ccccc1. The Hall–Kier alpha value is -1.31. The molecule has 0 radical (unpaired) electrons. The molecule has 100 valence electrons. The van der Waals surface area contributed by atoms with Gasteiger partial charge in [0.1, 0.15) is 0 Å². The predicted octanol–water partition coefficient (Wildman–Crippen LogP) is 4.28. The van der Waals surface area contributed by atoms with Crippen molar-refractivity contribution in [1.29, 1.82) is 0 Å². The topological polar surface area (TPSA) is 12.0 Å². The minimum Gasteiger partial charge on any atom is -0.320 e. The Kier molecular flexibility index (Phi) is 5.44. The van der Waals surface area contributed by atoms with E-state index in [0.29, 0.717) is 5.92 Å². The first-order valence-corrected chi connectivity index (χ1v) is 7.11. The maximum Gasteiger partial charge on any atom is 0.0408 e. The van der Waals surface area contributed by atoms with E-state index >= 15 is 0 Å². The lowest BCUT2D eigenvalue weighted by atomic mass is 9.89.